The molecule has 7 nitrogen and oxygen atoms in total. The summed E-state index contributed by atoms with van der Waals surface area (Å²) in [7, 11) is -2.89. The molecule has 0 aliphatic carbocycles. The van der Waals surface area contributed by atoms with Crippen LogP contribution in [-0.4, -0.2) is 56.9 Å². The number of alkyl halides is 3. The van der Waals surface area contributed by atoms with Gasteiger partial charge in [0.25, 0.3) is 0 Å². The number of carbonyl (C=O) groups excluding carboxylic acids is 1. The zero-order valence-electron chi connectivity index (χ0n) is 16.0. The third kappa shape index (κ3) is 4.51. The van der Waals surface area contributed by atoms with Crippen molar-refractivity contribution < 1.29 is 31.1 Å². The van der Waals surface area contributed by atoms with E-state index in [2.05, 4.69) is 5.32 Å². The Kier molecular flexibility index (Phi) is 6.22. The quantitative estimate of drug-likeness (QED) is 0.787. The number of hydrogen-bond acceptors (Lipinski definition) is 4. The van der Waals surface area contributed by atoms with Crippen molar-refractivity contribution in [1.29, 1.82) is 0 Å². The number of benzene rings is 2. The molecule has 2 amide bonds. The third-order valence-electron chi connectivity index (χ3n) is 4.68. The van der Waals surface area contributed by atoms with E-state index in [1.54, 1.807) is 24.3 Å². The van der Waals surface area contributed by atoms with E-state index in [9.17, 15) is 26.4 Å². The van der Waals surface area contributed by atoms with Crippen molar-refractivity contribution in [3.63, 3.8) is 0 Å². The molecule has 0 saturated carbocycles. The molecule has 3 rings (SSSR count). The summed E-state index contributed by atoms with van der Waals surface area (Å²) in [6, 6.07) is 10.4. The molecule has 1 aliphatic heterocycles. The minimum Gasteiger partial charge on any atom is -0.495 e. The molecule has 0 aromatic heterocycles. The predicted molar refractivity (Wildman–Crippen MR) is 104 cm³/mol. The van der Waals surface area contributed by atoms with Crippen LogP contribution in [-0.2, 0) is 16.2 Å². The molecule has 2 aromatic rings. The van der Waals surface area contributed by atoms with Gasteiger partial charge in [-0.1, -0.05) is 24.3 Å². The maximum atomic E-state index is 13.2. The standard InChI is InChI=1S/C19H20F3N3O4S/c1-29-16-8-4-3-7-15(16)23-18(26)24-10-12-25(13-11-24)30(27,28)17-9-5-2-6-14(17)19(20,21)22/h2-9H,10-13H2,1H3,(H,23,26). The molecule has 0 spiro atoms. The molecule has 1 aliphatic rings. The number of anilines is 1. The first-order valence-electron chi connectivity index (χ1n) is 9.00. The largest absolute Gasteiger partial charge is 0.495 e. The maximum Gasteiger partial charge on any atom is 0.417 e. The average Bonchev–Trinajstić information content (AvgIpc) is 2.73. The molecule has 0 bridgehead atoms. The highest BCUT2D eigenvalue weighted by atomic mass is 32.2. The smallest absolute Gasteiger partial charge is 0.417 e. The molecule has 162 valence electrons. The van der Waals surface area contributed by atoms with Crippen molar-refractivity contribution in [2.75, 3.05) is 38.6 Å². The first kappa shape index (κ1) is 21.9. The zero-order valence-corrected chi connectivity index (χ0v) is 16.8. The number of sulfonamides is 1. The summed E-state index contributed by atoms with van der Waals surface area (Å²) >= 11 is 0. The van der Waals surface area contributed by atoms with E-state index in [0.29, 0.717) is 11.4 Å². The number of nitrogens with one attached hydrogen (secondary N) is 1. The van der Waals surface area contributed by atoms with Crippen molar-refractivity contribution >= 4 is 21.7 Å². The lowest BCUT2D eigenvalue weighted by molar-refractivity contribution is -0.139. The lowest BCUT2D eigenvalue weighted by Gasteiger charge is -2.34. The molecule has 0 atom stereocenters. The maximum absolute atomic E-state index is 13.2. The molecule has 2 aromatic carbocycles. The Morgan fingerprint density at radius 2 is 1.60 bits per heavy atom. The second-order valence-corrected chi connectivity index (χ2v) is 8.42. The minimum absolute atomic E-state index is 0.0361. The van der Waals surface area contributed by atoms with Gasteiger partial charge in [0.05, 0.1) is 23.3 Å². The van der Waals surface area contributed by atoms with Crippen molar-refractivity contribution in [3.05, 3.63) is 54.1 Å². The van der Waals surface area contributed by atoms with Crippen LogP contribution in [0.3, 0.4) is 0 Å². The first-order chi connectivity index (χ1) is 14.1. The molecule has 1 N–H and O–H groups in total. The van der Waals surface area contributed by atoms with Gasteiger partial charge < -0.3 is 15.0 Å². The number of piperazine rings is 1. The monoisotopic (exact) mass is 443 g/mol. The third-order valence-corrected chi connectivity index (χ3v) is 6.64. The van der Waals surface area contributed by atoms with Gasteiger partial charge in [-0.25, -0.2) is 13.2 Å². The fourth-order valence-electron chi connectivity index (χ4n) is 3.14. The Bertz CT molecular complexity index is 1020. The number of rotatable bonds is 4. The fraction of sp³-hybridized carbons (Fsp3) is 0.316. The predicted octanol–water partition coefficient (Wildman–Crippen LogP) is 3.25. The van der Waals surface area contributed by atoms with E-state index in [-0.39, 0.29) is 26.2 Å². The molecule has 1 saturated heterocycles. The topological polar surface area (TPSA) is 79.0 Å². The van der Waals surface area contributed by atoms with E-state index in [1.165, 1.54) is 18.1 Å². The van der Waals surface area contributed by atoms with Gasteiger partial charge in [-0.05, 0) is 24.3 Å². The second kappa shape index (κ2) is 8.52. The van der Waals surface area contributed by atoms with Crippen molar-refractivity contribution in [1.82, 2.24) is 9.21 Å². The summed E-state index contributed by atoms with van der Waals surface area (Å²) in [5.74, 6) is 0.468. The van der Waals surface area contributed by atoms with Gasteiger partial charge in [0, 0.05) is 26.2 Å². The highest BCUT2D eigenvalue weighted by Gasteiger charge is 2.39. The van der Waals surface area contributed by atoms with Crippen LogP contribution in [0.5, 0.6) is 5.75 Å². The Balaban J connectivity index is 1.70. The first-order valence-corrected chi connectivity index (χ1v) is 10.4. The molecule has 11 heteroatoms. The van der Waals surface area contributed by atoms with Crippen molar-refractivity contribution in [3.8, 4) is 5.75 Å². The highest BCUT2D eigenvalue weighted by Crippen LogP contribution is 2.35. The summed E-state index contributed by atoms with van der Waals surface area (Å²) in [5.41, 5.74) is -0.750. The van der Waals surface area contributed by atoms with Gasteiger partial charge >= 0.3 is 12.2 Å². The van der Waals surface area contributed by atoms with E-state index in [0.717, 1.165) is 22.5 Å². The van der Waals surface area contributed by atoms with Crippen LogP contribution in [0, 0.1) is 0 Å². The fourth-order valence-corrected chi connectivity index (χ4v) is 4.77. The highest BCUT2D eigenvalue weighted by molar-refractivity contribution is 7.89. The summed E-state index contributed by atoms with van der Waals surface area (Å²) in [6.45, 7) is -0.162. The molecule has 30 heavy (non-hydrogen) atoms. The minimum atomic E-state index is -4.79. The average molecular weight is 443 g/mol. The number of urea groups is 1. The van der Waals surface area contributed by atoms with E-state index >= 15 is 0 Å². The van der Waals surface area contributed by atoms with Gasteiger partial charge in [0.15, 0.2) is 0 Å². The number of methoxy groups -OCH3 is 1. The van der Waals surface area contributed by atoms with Gasteiger partial charge in [0.2, 0.25) is 10.0 Å². The Labute approximate surface area is 172 Å². The molecule has 1 fully saturated rings. The number of para-hydroxylation sites is 2. The van der Waals surface area contributed by atoms with Crippen LogP contribution >= 0.6 is 0 Å². The number of carbonyl (C=O) groups is 1. The van der Waals surface area contributed by atoms with Crippen LogP contribution in [0.25, 0.3) is 0 Å². The number of amides is 2. The normalized spacial score (nSPS) is 15.7. The molecule has 0 unspecified atom stereocenters. The van der Waals surface area contributed by atoms with Crippen LogP contribution in [0.15, 0.2) is 53.4 Å². The van der Waals surface area contributed by atoms with Crippen LogP contribution in [0.1, 0.15) is 5.56 Å². The Morgan fingerprint density at radius 3 is 2.23 bits per heavy atom. The SMILES string of the molecule is COc1ccccc1NC(=O)N1CCN(S(=O)(=O)c2ccccc2C(F)(F)F)CC1. The van der Waals surface area contributed by atoms with Crippen LogP contribution in [0.2, 0.25) is 0 Å². The van der Waals surface area contributed by atoms with Gasteiger partial charge in [-0.3, -0.25) is 0 Å². The van der Waals surface area contributed by atoms with Gasteiger partial charge in [-0.15, -0.1) is 0 Å². The van der Waals surface area contributed by atoms with Gasteiger partial charge in [-0.2, -0.15) is 17.5 Å². The lowest BCUT2D eigenvalue weighted by atomic mass is 10.2. The van der Waals surface area contributed by atoms with E-state index in [1.807, 2.05) is 0 Å². The van der Waals surface area contributed by atoms with Crippen molar-refractivity contribution in [2.45, 2.75) is 11.1 Å². The van der Waals surface area contributed by atoms with Gasteiger partial charge in [0.1, 0.15) is 5.75 Å². The number of nitrogens with zero attached hydrogens (tertiary/aromatic N) is 2. The number of hydrogen-bond donors (Lipinski definition) is 1. The number of halogens is 3. The lowest BCUT2D eigenvalue weighted by Crippen LogP contribution is -2.51. The zero-order chi connectivity index (χ0) is 21.9. The molecular formula is C19H20F3N3O4S. The second-order valence-electron chi connectivity index (χ2n) is 6.52. The molecule has 0 radical (unpaired) electrons. The Morgan fingerprint density at radius 1 is 1.00 bits per heavy atom. The summed E-state index contributed by atoms with van der Waals surface area (Å²) in [4.78, 5) is 13.1. The van der Waals surface area contributed by atoms with E-state index < -0.39 is 32.7 Å². The summed E-state index contributed by atoms with van der Waals surface area (Å²) in [6.07, 6.45) is -4.79. The summed E-state index contributed by atoms with van der Waals surface area (Å²) in [5, 5.41) is 2.69. The van der Waals surface area contributed by atoms with E-state index in [4.69, 9.17) is 4.74 Å². The van der Waals surface area contributed by atoms with Crippen LogP contribution in [0.4, 0.5) is 23.7 Å². The summed E-state index contributed by atoms with van der Waals surface area (Å²) < 4.78 is 71.4. The van der Waals surface area contributed by atoms with Crippen LogP contribution < -0.4 is 10.1 Å². The van der Waals surface area contributed by atoms with Crippen molar-refractivity contribution in [2.24, 2.45) is 0 Å². The molecule has 1 heterocycles. The molecular weight excluding hydrogens is 423 g/mol. The Hall–Kier alpha value is -2.79. The number of ether oxygens (including phenoxy) is 1.